The number of rotatable bonds is 4. The van der Waals surface area contributed by atoms with Gasteiger partial charge in [-0.2, -0.15) is 0 Å². The van der Waals surface area contributed by atoms with Gasteiger partial charge in [0.05, 0.1) is 20.4 Å². The predicted molar refractivity (Wildman–Crippen MR) is 208 cm³/mol. The van der Waals surface area contributed by atoms with Gasteiger partial charge in [-0.25, -0.2) is 9.97 Å². The lowest BCUT2D eigenvalue weighted by Gasteiger charge is -2.23. The molecular formula is C44H32N2S2. The Bertz CT molecular complexity index is 2570. The van der Waals surface area contributed by atoms with Gasteiger partial charge in [-0.15, -0.1) is 22.7 Å². The molecule has 0 saturated heterocycles. The lowest BCUT2D eigenvalue weighted by atomic mass is 9.81. The second-order valence-electron chi connectivity index (χ2n) is 13.4. The molecule has 0 radical (unpaired) electrons. The Morgan fingerprint density at radius 1 is 0.417 bits per heavy atom. The van der Waals surface area contributed by atoms with Crippen molar-refractivity contribution in [2.45, 2.75) is 26.2 Å². The summed E-state index contributed by atoms with van der Waals surface area (Å²) in [5, 5.41) is 7.16. The highest BCUT2D eigenvalue weighted by Crippen LogP contribution is 2.45. The minimum Gasteiger partial charge on any atom is -0.236 e. The molecule has 7 aromatic carbocycles. The van der Waals surface area contributed by atoms with E-state index in [0.29, 0.717) is 0 Å². The number of nitrogens with zero attached hydrogens (tertiary/aromatic N) is 2. The minimum absolute atomic E-state index is 0.0207. The predicted octanol–water partition coefficient (Wildman–Crippen LogP) is 13.2. The Balaban J connectivity index is 1.23. The number of fused-ring (bicyclic) bond motifs is 4. The van der Waals surface area contributed by atoms with E-state index in [1.165, 1.54) is 58.8 Å². The Kier molecular flexibility index (Phi) is 6.79. The first-order valence-electron chi connectivity index (χ1n) is 16.3. The van der Waals surface area contributed by atoms with Crippen molar-refractivity contribution in [2.24, 2.45) is 0 Å². The van der Waals surface area contributed by atoms with Crippen LogP contribution in [0.15, 0.2) is 140 Å². The summed E-state index contributed by atoms with van der Waals surface area (Å²) in [6.45, 7) is 6.88. The third-order valence-electron chi connectivity index (χ3n) is 9.32. The van der Waals surface area contributed by atoms with Crippen LogP contribution < -0.4 is 0 Å². The van der Waals surface area contributed by atoms with Crippen LogP contribution in [0.4, 0.5) is 0 Å². The largest absolute Gasteiger partial charge is 0.236 e. The maximum atomic E-state index is 4.92. The van der Waals surface area contributed by atoms with Crippen molar-refractivity contribution in [1.29, 1.82) is 0 Å². The van der Waals surface area contributed by atoms with Crippen molar-refractivity contribution in [3.63, 3.8) is 0 Å². The van der Waals surface area contributed by atoms with Crippen LogP contribution in [0.3, 0.4) is 0 Å². The highest BCUT2D eigenvalue weighted by molar-refractivity contribution is 7.22. The molecule has 0 aliphatic heterocycles. The smallest absolute Gasteiger partial charge is 0.124 e. The highest BCUT2D eigenvalue weighted by atomic mass is 32.1. The summed E-state index contributed by atoms with van der Waals surface area (Å²) in [6.07, 6.45) is 0. The van der Waals surface area contributed by atoms with Crippen molar-refractivity contribution < 1.29 is 0 Å². The first-order chi connectivity index (χ1) is 23.4. The Morgan fingerprint density at radius 2 is 0.833 bits per heavy atom. The molecule has 0 aliphatic rings. The number of para-hydroxylation sites is 2. The molecule has 9 aromatic rings. The van der Waals surface area contributed by atoms with Crippen LogP contribution in [0.5, 0.6) is 0 Å². The second kappa shape index (κ2) is 11.2. The normalized spacial score (nSPS) is 12.1. The third-order valence-corrected chi connectivity index (χ3v) is 11.5. The van der Waals surface area contributed by atoms with E-state index < -0.39 is 0 Å². The highest BCUT2D eigenvalue weighted by Gasteiger charge is 2.21. The van der Waals surface area contributed by atoms with E-state index in [1.807, 2.05) is 0 Å². The number of hydrogen-bond donors (Lipinski definition) is 0. The molecule has 48 heavy (non-hydrogen) atoms. The van der Waals surface area contributed by atoms with Crippen molar-refractivity contribution in [3.05, 3.63) is 145 Å². The second-order valence-corrected chi connectivity index (χ2v) is 15.5. The molecule has 2 aromatic heterocycles. The van der Waals surface area contributed by atoms with Gasteiger partial charge in [0, 0.05) is 11.1 Å². The van der Waals surface area contributed by atoms with Crippen LogP contribution in [0.2, 0.25) is 0 Å². The maximum absolute atomic E-state index is 4.92. The minimum atomic E-state index is 0.0207. The summed E-state index contributed by atoms with van der Waals surface area (Å²) in [5.74, 6) is 0. The molecular weight excluding hydrogens is 621 g/mol. The summed E-state index contributed by atoms with van der Waals surface area (Å²) in [5.41, 5.74) is 10.7. The SMILES string of the molecule is CC(C)(C)c1ccc2c(-c3ccc(-c4nc5ccccc5s4)cc3)c3ccccc3c(-c3ccc(-c4nc5ccccc5s4)cc3)c2c1. The fraction of sp³-hybridized carbons (Fsp3) is 0.0909. The van der Waals surface area contributed by atoms with Crippen molar-refractivity contribution in [3.8, 4) is 43.4 Å². The van der Waals surface area contributed by atoms with Gasteiger partial charge in [-0.1, -0.05) is 130 Å². The van der Waals surface area contributed by atoms with E-state index in [0.717, 1.165) is 32.2 Å². The maximum Gasteiger partial charge on any atom is 0.124 e. The summed E-state index contributed by atoms with van der Waals surface area (Å²) < 4.78 is 2.43. The van der Waals surface area contributed by atoms with Gasteiger partial charge in [0.1, 0.15) is 10.0 Å². The molecule has 0 unspecified atom stereocenters. The number of hydrogen-bond acceptors (Lipinski definition) is 4. The molecule has 0 saturated carbocycles. The zero-order valence-electron chi connectivity index (χ0n) is 27.0. The molecule has 0 aliphatic carbocycles. The van der Waals surface area contributed by atoms with Crippen LogP contribution >= 0.6 is 22.7 Å². The van der Waals surface area contributed by atoms with Crippen LogP contribution in [0.1, 0.15) is 26.3 Å². The topological polar surface area (TPSA) is 25.8 Å². The molecule has 0 spiro atoms. The first-order valence-corrected chi connectivity index (χ1v) is 18.0. The van der Waals surface area contributed by atoms with Crippen LogP contribution in [-0.4, -0.2) is 9.97 Å². The van der Waals surface area contributed by atoms with Crippen molar-refractivity contribution in [1.82, 2.24) is 9.97 Å². The van der Waals surface area contributed by atoms with Crippen molar-refractivity contribution in [2.75, 3.05) is 0 Å². The molecule has 4 heteroatoms. The van der Waals surface area contributed by atoms with E-state index in [9.17, 15) is 0 Å². The van der Waals surface area contributed by atoms with Crippen LogP contribution in [-0.2, 0) is 5.41 Å². The molecule has 2 nitrogen and oxygen atoms in total. The van der Waals surface area contributed by atoms with Gasteiger partial charge in [0.15, 0.2) is 0 Å². The zero-order valence-corrected chi connectivity index (χ0v) is 28.6. The van der Waals surface area contributed by atoms with Gasteiger partial charge in [-0.3, -0.25) is 0 Å². The van der Waals surface area contributed by atoms with Gasteiger partial charge in [0.25, 0.3) is 0 Å². The monoisotopic (exact) mass is 652 g/mol. The lowest BCUT2D eigenvalue weighted by Crippen LogP contribution is -2.10. The first kappa shape index (κ1) is 29.0. The zero-order chi connectivity index (χ0) is 32.4. The van der Waals surface area contributed by atoms with E-state index >= 15 is 0 Å². The van der Waals surface area contributed by atoms with Crippen molar-refractivity contribution >= 4 is 64.7 Å². The fourth-order valence-corrected chi connectivity index (χ4v) is 8.76. The van der Waals surface area contributed by atoms with E-state index in [4.69, 9.17) is 9.97 Å². The summed E-state index contributed by atoms with van der Waals surface area (Å²) in [4.78, 5) is 9.84. The van der Waals surface area contributed by atoms with Gasteiger partial charge in [0.2, 0.25) is 0 Å². The van der Waals surface area contributed by atoms with Gasteiger partial charge < -0.3 is 0 Å². The van der Waals surface area contributed by atoms with E-state index in [-0.39, 0.29) is 5.41 Å². The molecule has 0 atom stereocenters. The molecule has 0 fully saturated rings. The number of benzene rings is 7. The fourth-order valence-electron chi connectivity index (χ4n) is 6.82. The Hall–Kier alpha value is -5.16. The molecule has 230 valence electrons. The summed E-state index contributed by atoms with van der Waals surface area (Å²) >= 11 is 3.49. The molecule has 0 N–H and O–H groups in total. The molecule has 0 bridgehead atoms. The average molecular weight is 653 g/mol. The summed E-state index contributed by atoms with van der Waals surface area (Å²) in [6, 6.07) is 50.7. The molecule has 2 heterocycles. The summed E-state index contributed by atoms with van der Waals surface area (Å²) in [7, 11) is 0. The lowest BCUT2D eigenvalue weighted by molar-refractivity contribution is 0.591. The van der Waals surface area contributed by atoms with Gasteiger partial charge >= 0.3 is 0 Å². The van der Waals surface area contributed by atoms with Gasteiger partial charge in [-0.05, 0) is 85.1 Å². The van der Waals surface area contributed by atoms with Crippen LogP contribution in [0, 0.1) is 0 Å². The average Bonchev–Trinajstić information content (AvgIpc) is 3.75. The van der Waals surface area contributed by atoms with E-state index in [1.54, 1.807) is 22.7 Å². The Labute approximate surface area is 288 Å². The van der Waals surface area contributed by atoms with Crippen LogP contribution in [0.25, 0.3) is 85.4 Å². The standard InChI is InChI=1S/C44H32N2S2/c1-44(2,3)31-24-25-34-35(26-31)41(28-18-22-30(23-19-28)43-46-37-13-7-9-15-39(37)48-43)33-11-5-4-10-32(33)40(34)27-16-20-29(21-17-27)42-45-36-12-6-8-14-38(36)47-42/h4-26H,1-3H3. The Morgan fingerprint density at radius 3 is 1.31 bits per heavy atom. The molecule has 9 rings (SSSR count). The quantitative estimate of drug-likeness (QED) is 0.177. The van der Waals surface area contributed by atoms with E-state index in [2.05, 4.69) is 160 Å². The number of thiazole rings is 2. The molecule has 0 amide bonds. The third kappa shape index (κ3) is 4.92. The number of aromatic nitrogens is 2.